The van der Waals surface area contributed by atoms with Crippen molar-refractivity contribution in [2.75, 3.05) is 31.1 Å². The third-order valence-corrected chi connectivity index (χ3v) is 7.45. The molecule has 2 saturated heterocycles. The van der Waals surface area contributed by atoms with Crippen LogP contribution < -0.4 is 4.90 Å². The molecule has 1 aliphatic carbocycles. The highest BCUT2D eigenvalue weighted by Gasteiger charge is 2.40. The normalized spacial score (nSPS) is 25.2. The van der Waals surface area contributed by atoms with Gasteiger partial charge in [0, 0.05) is 42.5 Å². The summed E-state index contributed by atoms with van der Waals surface area (Å²) in [6, 6.07) is 2.19. The maximum atomic E-state index is 4.89. The zero-order valence-electron chi connectivity index (χ0n) is 16.6. The molecule has 0 saturated carbocycles. The summed E-state index contributed by atoms with van der Waals surface area (Å²) in [5.74, 6) is 2.61. The van der Waals surface area contributed by atoms with E-state index in [1.807, 2.05) is 11.3 Å². The number of rotatable bonds is 3. The van der Waals surface area contributed by atoms with Crippen molar-refractivity contribution in [2.45, 2.75) is 52.0 Å². The molecule has 0 radical (unpaired) electrons. The van der Waals surface area contributed by atoms with Crippen LogP contribution in [0.5, 0.6) is 0 Å². The number of likely N-dealkylation sites (tertiary alicyclic amines) is 1. The van der Waals surface area contributed by atoms with E-state index in [-0.39, 0.29) is 5.41 Å². The number of aromatic nitrogens is 3. The molecule has 2 atom stereocenters. The summed E-state index contributed by atoms with van der Waals surface area (Å²) in [7, 11) is 0. The minimum Gasteiger partial charge on any atom is -0.356 e. The highest BCUT2D eigenvalue weighted by atomic mass is 32.1. The van der Waals surface area contributed by atoms with E-state index >= 15 is 0 Å². The second kappa shape index (κ2) is 6.52. The summed E-state index contributed by atoms with van der Waals surface area (Å²) in [4.78, 5) is 20.6. The standard InChI is InChI=1S/C21H29N5S/c1-21(2,3)18-7-19(23-13-22-18)26-10-14-8-25(9-15(14)11-26)12-20-24-16-5-4-6-17(16)27-20/h7,13-15H,4-6,8-12H2,1-3H3. The molecule has 2 aromatic heterocycles. The maximum Gasteiger partial charge on any atom is 0.132 e. The fourth-order valence-corrected chi connectivity index (χ4v) is 6.04. The topological polar surface area (TPSA) is 45.2 Å². The monoisotopic (exact) mass is 383 g/mol. The smallest absolute Gasteiger partial charge is 0.132 e. The average Bonchev–Trinajstić information content (AvgIpc) is 3.33. The van der Waals surface area contributed by atoms with E-state index in [4.69, 9.17) is 4.98 Å². The molecule has 0 aromatic carbocycles. The molecule has 6 heteroatoms. The summed E-state index contributed by atoms with van der Waals surface area (Å²) in [6.45, 7) is 12.3. The zero-order chi connectivity index (χ0) is 18.6. The summed E-state index contributed by atoms with van der Waals surface area (Å²) >= 11 is 1.96. The van der Waals surface area contributed by atoms with Crippen LogP contribution in [-0.2, 0) is 24.8 Å². The molecule has 27 heavy (non-hydrogen) atoms. The molecule has 2 aliphatic heterocycles. The summed E-state index contributed by atoms with van der Waals surface area (Å²) < 4.78 is 0. The molecular formula is C21H29N5S. The van der Waals surface area contributed by atoms with E-state index in [0.29, 0.717) is 0 Å². The van der Waals surface area contributed by atoms with Crippen molar-refractivity contribution in [2.24, 2.45) is 11.8 Å². The first kappa shape index (κ1) is 17.6. The van der Waals surface area contributed by atoms with Gasteiger partial charge < -0.3 is 4.90 Å². The van der Waals surface area contributed by atoms with Crippen molar-refractivity contribution in [3.63, 3.8) is 0 Å². The van der Waals surface area contributed by atoms with E-state index in [1.54, 1.807) is 11.2 Å². The van der Waals surface area contributed by atoms with Crippen LogP contribution in [0.2, 0.25) is 0 Å². The third kappa shape index (κ3) is 3.38. The molecule has 0 amide bonds. The number of nitrogens with zero attached hydrogens (tertiary/aromatic N) is 5. The predicted octanol–water partition coefficient (Wildman–Crippen LogP) is 3.29. The molecule has 4 heterocycles. The van der Waals surface area contributed by atoms with E-state index < -0.39 is 0 Å². The van der Waals surface area contributed by atoms with Gasteiger partial charge in [-0.05, 0) is 31.1 Å². The summed E-state index contributed by atoms with van der Waals surface area (Å²) in [5.41, 5.74) is 2.58. The number of fused-ring (bicyclic) bond motifs is 2. The van der Waals surface area contributed by atoms with Crippen molar-refractivity contribution >= 4 is 17.2 Å². The molecule has 2 aromatic rings. The van der Waals surface area contributed by atoms with Gasteiger partial charge in [-0.25, -0.2) is 15.0 Å². The van der Waals surface area contributed by atoms with Crippen molar-refractivity contribution in [1.82, 2.24) is 19.9 Å². The summed E-state index contributed by atoms with van der Waals surface area (Å²) in [6.07, 6.45) is 5.49. The number of hydrogen-bond acceptors (Lipinski definition) is 6. The van der Waals surface area contributed by atoms with Gasteiger partial charge in [0.2, 0.25) is 0 Å². The lowest BCUT2D eigenvalue weighted by Crippen LogP contribution is -2.29. The Balaban J connectivity index is 1.22. The number of aryl methyl sites for hydroxylation is 2. The van der Waals surface area contributed by atoms with Crippen molar-refractivity contribution in [3.8, 4) is 0 Å². The molecule has 5 nitrogen and oxygen atoms in total. The van der Waals surface area contributed by atoms with Gasteiger partial charge in [-0.15, -0.1) is 11.3 Å². The Morgan fingerprint density at radius 1 is 1.07 bits per heavy atom. The average molecular weight is 384 g/mol. The Morgan fingerprint density at radius 3 is 2.56 bits per heavy atom. The maximum absolute atomic E-state index is 4.89. The van der Waals surface area contributed by atoms with Crippen LogP contribution in [-0.4, -0.2) is 46.0 Å². The van der Waals surface area contributed by atoms with E-state index in [9.17, 15) is 0 Å². The van der Waals surface area contributed by atoms with Crippen LogP contribution in [0.4, 0.5) is 5.82 Å². The first-order valence-electron chi connectivity index (χ1n) is 10.2. The Hall–Kier alpha value is -1.53. The molecule has 2 unspecified atom stereocenters. The second-order valence-corrected chi connectivity index (χ2v) is 10.6. The molecule has 0 bridgehead atoms. The number of thiazole rings is 1. The first-order chi connectivity index (χ1) is 13.0. The second-order valence-electron chi connectivity index (χ2n) is 9.46. The highest BCUT2D eigenvalue weighted by Crippen LogP contribution is 2.36. The fourth-order valence-electron chi connectivity index (χ4n) is 4.84. The SMILES string of the molecule is CC(C)(C)c1cc(N2CC3CN(Cc4nc5c(s4)CCC5)CC3C2)ncn1. The molecule has 144 valence electrons. The van der Waals surface area contributed by atoms with Crippen LogP contribution in [0.1, 0.15) is 48.5 Å². The lowest BCUT2D eigenvalue weighted by molar-refractivity contribution is 0.308. The van der Waals surface area contributed by atoms with E-state index in [2.05, 4.69) is 46.6 Å². The van der Waals surface area contributed by atoms with Crippen LogP contribution in [0.25, 0.3) is 0 Å². The Morgan fingerprint density at radius 2 is 1.85 bits per heavy atom. The molecule has 5 rings (SSSR count). The molecule has 0 spiro atoms. The predicted molar refractivity (Wildman–Crippen MR) is 109 cm³/mol. The number of hydrogen-bond donors (Lipinski definition) is 0. The van der Waals surface area contributed by atoms with Gasteiger partial charge in [-0.3, -0.25) is 4.90 Å². The van der Waals surface area contributed by atoms with Gasteiger partial charge in [-0.1, -0.05) is 20.8 Å². The quantitative estimate of drug-likeness (QED) is 0.814. The molecule has 0 N–H and O–H groups in total. The van der Waals surface area contributed by atoms with Crippen LogP contribution in [0.3, 0.4) is 0 Å². The van der Waals surface area contributed by atoms with Crippen molar-refractivity contribution in [3.05, 3.63) is 33.7 Å². The van der Waals surface area contributed by atoms with Crippen LogP contribution in [0, 0.1) is 11.8 Å². The minimum atomic E-state index is 0.0675. The van der Waals surface area contributed by atoms with Crippen molar-refractivity contribution in [1.29, 1.82) is 0 Å². The van der Waals surface area contributed by atoms with Gasteiger partial charge >= 0.3 is 0 Å². The number of anilines is 1. The Kier molecular flexibility index (Phi) is 4.24. The fraction of sp³-hybridized carbons (Fsp3) is 0.667. The van der Waals surface area contributed by atoms with Crippen molar-refractivity contribution < 1.29 is 0 Å². The largest absolute Gasteiger partial charge is 0.356 e. The Labute approximate surface area is 165 Å². The van der Waals surface area contributed by atoms with E-state index in [1.165, 1.54) is 43.1 Å². The van der Waals surface area contributed by atoms with Gasteiger partial charge in [0.25, 0.3) is 0 Å². The van der Waals surface area contributed by atoms with E-state index in [0.717, 1.165) is 43.0 Å². The van der Waals surface area contributed by atoms with Crippen LogP contribution >= 0.6 is 11.3 Å². The highest BCUT2D eigenvalue weighted by molar-refractivity contribution is 7.11. The van der Waals surface area contributed by atoms with Gasteiger partial charge in [0.15, 0.2) is 0 Å². The van der Waals surface area contributed by atoms with Crippen LogP contribution in [0.15, 0.2) is 12.4 Å². The lowest BCUT2D eigenvalue weighted by Gasteiger charge is -2.24. The zero-order valence-corrected chi connectivity index (χ0v) is 17.4. The third-order valence-electron chi connectivity index (χ3n) is 6.31. The first-order valence-corrected chi connectivity index (χ1v) is 11.0. The molecule has 3 aliphatic rings. The van der Waals surface area contributed by atoms with Gasteiger partial charge in [0.1, 0.15) is 17.2 Å². The molecule has 2 fully saturated rings. The van der Waals surface area contributed by atoms with Gasteiger partial charge in [-0.2, -0.15) is 0 Å². The summed E-state index contributed by atoms with van der Waals surface area (Å²) in [5, 5.41) is 1.34. The lowest BCUT2D eigenvalue weighted by atomic mass is 9.92. The molecular weight excluding hydrogens is 354 g/mol. The Bertz CT molecular complexity index is 804. The van der Waals surface area contributed by atoms with Gasteiger partial charge in [0.05, 0.1) is 17.9 Å². The minimum absolute atomic E-state index is 0.0675.